The van der Waals surface area contributed by atoms with E-state index in [9.17, 15) is 14.4 Å². The monoisotopic (exact) mass is 398 g/mol. The molecule has 0 saturated carbocycles. The first kappa shape index (κ1) is 19.5. The molecule has 2 aliphatic rings. The Hall–Kier alpha value is -2.83. The lowest BCUT2D eigenvalue weighted by Gasteiger charge is -2.48. The van der Waals surface area contributed by atoms with E-state index in [0.717, 1.165) is 22.2 Å². The van der Waals surface area contributed by atoms with Gasteiger partial charge in [-0.3, -0.25) is 9.59 Å². The van der Waals surface area contributed by atoms with Crippen LogP contribution in [0, 0.1) is 11.8 Å². The zero-order chi connectivity index (χ0) is 20.9. The number of amides is 1. The molecule has 0 radical (unpaired) electrons. The van der Waals surface area contributed by atoms with Gasteiger partial charge in [0.05, 0.1) is 32.1 Å². The van der Waals surface area contributed by atoms with Crippen molar-refractivity contribution in [3.05, 3.63) is 35.5 Å². The maximum absolute atomic E-state index is 13.5. The van der Waals surface area contributed by atoms with E-state index in [1.807, 2.05) is 38.2 Å². The fraction of sp³-hybridized carbons (Fsp3) is 0.500. The second-order valence-corrected chi connectivity index (χ2v) is 7.82. The number of carbonyl (C=O) groups excluding carboxylic acids is 3. The van der Waals surface area contributed by atoms with Crippen molar-refractivity contribution in [1.29, 1.82) is 0 Å². The highest BCUT2D eigenvalue weighted by Gasteiger charge is 2.52. The Labute approximate surface area is 169 Å². The predicted molar refractivity (Wildman–Crippen MR) is 106 cm³/mol. The van der Waals surface area contributed by atoms with Gasteiger partial charge in [0.15, 0.2) is 0 Å². The van der Waals surface area contributed by atoms with Crippen molar-refractivity contribution in [2.24, 2.45) is 18.9 Å². The second-order valence-electron chi connectivity index (χ2n) is 7.82. The Morgan fingerprint density at radius 2 is 1.83 bits per heavy atom. The Morgan fingerprint density at radius 1 is 1.14 bits per heavy atom. The molecule has 1 amide bonds. The van der Waals surface area contributed by atoms with Gasteiger partial charge in [0.1, 0.15) is 6.04 Å². The van der Waals surface area contributed by atoms with Crippen molar-refractivity contribution in [2.45, 2.75) is 38.3 Å². The molecule has 7 nitrogen and oxygen atoms in total. The van der Waals surface area contributed by atoms with Gasteiger partial charge in [0.25, 0.3) is 0 Å². The Bertz CT molecular complexity index is 994. The van der Waals surface area contributed by atoms with Crippen LogP contribution in [0.1, 0.15) is 37.1 Å². The molecule has 2 aliphatic heterocycles. The van der Waals surface area contributed by atoms with Crippen LogP contribution in [-0.4, -0.2) is 47.6 Å². The lowest BCUT2D eigenvalue weighted by molar-refractivity contribution is -0.169. The summed E-state index contributed by atoms with van der Waals surface area (Å²) >= 11 is 0. The molecule has 1 saturated heterocycles. The van der Waals surface area contributed by atoms with Crippen molar-refractivity contribution in [3.8, 4) is 0 Å². The number of aryl methyl sites for hydroxylation is 1. The van der Waals surface area contributed by atoms with E-state index in [-0.39, 0.29) is 17.9 Å². The number of methoxy groups -OCH3 is 2. The zero-order valence-electron chi connectivity index (χ0n) is 17.2. The lowest BCUT2D eigenvalue weighted by atomic mass is 9.75. The number of aromatic nitrogens is 1. The quantitative estimate of drug-likeness (QED) is 0.742. The first-order chi connectivity index (χ1) is 13.9. The van der Waals surface area contributed by atoms with Crippen molar-refractivity contribution < 1.29 is 23.9 Å². The van der Waals surface area contributed by atoms with Gasteiger partial charge in [0, 0.05) is 30.1 Å². The maximum atomic E-state index is 13.5. The minimum absolute atomic E-state index is 0.176. The van der Waals surface area contributed by atoms with E-state index in [2.05, 4.69) is 4.57 Å². The summed E-state index contributed by atoms with van der Waals surface area (Å²) in [7, 11) is 4.67. The fourth-order valence-corrected chi connectivity index (χ4v) is 5.28. The highest BCUT2D eigenvalue weighted by Crippen LogP contribution is 2.47. The highest BCUT2D eigenvalue weighted by atomic mass is 16.5. The zero-order valence-corrected chi connectivity index (χ0v) is 17.2. The van der Waals surface area contributed by atoms with Crippen LogP contribution in [0.25, 0.3) is 10.9 Å². The van der Waals surface area contributed by atoms with E-state index >= 15 is 0 Å². The summed E-state index contributed by atoms with van der Waals surface area (Å²) in [5, 5.41) is 1.07. The van der Waals surface area contributed by atoms with Crippen molar-refractivity contribution in [2.75, 3.05) is 14.2 Å². The number of hydrogen-bond acceptors (Lipinski definition) is 5. The molecule has 0 N–H and O–H groups in total. The number of nitrogens with zero attached hydrogens (tertiary/aromatic N) is 2. The summed E-state index contributed by atoms with van der Waals surface area (Å²) in [5.41, 5.74) is 3.08. The van der Waals surface area contributed by atoms with Crippen LogP contribution in [0.4, 0.5) is 0 Å². The number of carbonyl (C=O) groups is 3. The third-order valence-electron chi connectivity index (χ3n) is 6.60. The molecule has 1 aromatic heterocycles. The molecule has 1 aromatic carbocycles. The fourth-order valence-electron chi connectivity index (χ4n) is 5.28. The average Bonchev–Trinajstić information content (AvgIpc) is 3.04. The number of hydrogen-bond donors (Lipinski definition) is 0. The molecule has 7 heteroatoms. The van der Waals surface area contributed by atoms with E-state index in [1.54, 1.807) is 4.90 Å². The van der Waals surface area contributed by atoms with Gasteiger partial charge in [-0.2, -0.15) is 0 Å². The summed E-state index contributed by atoms with van der Waals surface area (Å²) in [6.45, 7) is 1.89. The van der Waals surface area contributed by atoms with Gasteiger partial charge < -0.3 is 18.9 Å². The van der Waals surface area contributed by atoms with Crippen LogP contribution in [0.15, 0.2) is 24.3 Å². The smallest absolute Gasteiger partial charge is 0.328 e. The molecule has 154 valence electrons. The minimum atomic E-state index is -0.691. The van der Waals surface area contributed by atoms with Gasteiger partial charge in [-0.1, -0.05) is 25.1 Å². The number of para-hydroxylation sites is 1. The number of benzene rings is 1. The van der Waals surface area contributed by atoms with Crippen LogP contribution in [0.3, 0.4) is 0 Å². The van der Waals surface area contributed by atoms with E-state index < -0.39 is 23.8 Å². The van der Waals surface area contributed by atoms with E-state index in [0.29, 0.717) is 19.3 Å². The molecule has 29 heavy (non-hydrogen) atoms. The number of rotatable bonds is 3. The molecule has 0 bridgehead atoms. The summed E-state index contributed by atoms with van der Waals surface area (Å²) in [6.07, 6.45) is 1.35. The third kappa shape index (κ3) is 2.74. The average molecular weight is 398 g/mol. The largest absolute Gasteiger partial charge is 0.469 e. The number of piperidine rings is 1. The number of fused-ring (bicyclic) bond motifs is 5. The molecule has 4 rings (SSSR count). The standard InChI is InChI=1S/C22H26N2O5/c1-5-12-15(21(26)28-3)11-17-19-14(13-8-6-7-9-16(13)23(19)2)10-18(22(27)29-4)24(17)20(12)25/h6-9,12,15,17-18H,5,10-11H2,1-4H3. The molecule has 2 aromatic rings. The van der Waals surface area contributed by atoms with E-state index in [4.69, 9.17) is 9.47 Å². The van der Waals surface area contributed by atoms with Gasteiger partial charge in [-0.05, 0) is 24.5 Å². The molecular formula is C22H26N2O5. The van der Waals surface area contributed by atoms with Gasteiger partial charge in [-0.15, -0.1) is 0 Å². The van der Waals surface area contributed by atoms with Gasteiger partial charge >= 0.3 is 11.9 Å². The van der Waals surface area contributed by atoms with Crippen LogP contribution < -0.4 is 0 Å². The van der Waals surface area contributed by atoms with Crippen LogP contribution in [0.5, 0.6) is 0 Å². The van der Waals surface area contributed by atoms with Crippen LogP contribution in [-0.2, 0) is 37.3 Å². The SMILES string of the molecule is CCC1C(=O)N2C(C(=O)OC)Cc3c(n(C)c4ccccc34)C2CC1C(=O)OC. The van der Waals surface area contributed by atoms with Crippen molar-refractivity contribution in [1.82, 2.24) is 9.47 Å². The van der Waals surface area contributed by atoms with E-state index in [1.165, 1.54) is 14.2 Å². The van der Waals surface area contributed by atoms with Gasteiger partial charge in [-0.25, -0.2) is 4.79 Å². The summed E-state index contributed by atoms with van der Waals surface area (Å²) in [4.78, 5) is 40.3. The van der Waals surface area contributed by atoms with Crippen molar-refractivity contribution >= 4 is 28.7 Å². The van der Waals surface area contributed by atoms with Crippen LogP contribution in [0.2, 0.25) is 0 Å². The number of ether oxygens (including phenoxy) is 2. The maximum Gasteiger partial charge on any atom is 0.328 e. The van der Waals surface area contributed by atoms with Crippen molar-refractivity contribution in [3.63, 3.8) is 0 Å². The minimum Gasteiger partial charge on any atom is -0.469 e. The summed E-state index contributed by atoms with van der Waals surface area (Å²) < 4.78 is 12.2. The lowest BCUT2D eigenvalue weighted by Crippen LogP contribution is -2.58. The summed E-state index contributed by atoms with van der Waals surface area (Å²) in [5.74, 6) is -1.99. The molecular weight excluding hydrogens is 372 g/mol. The second kappa shape index (κ2) is 7.21. The first-order valence-corrected chi connectivity index (χ1v) is 9.98. The Balaban J connectivity index is 1.92. The van der Waals surface area contributed by atoms with Crippen LogP contribution >= 0.6 is 0 Å². The molecule has 0 spiro atoms. The predicted octanol–water partition coefficient (Wildman–Crippen LogP) is 2.36. The Kier molecular flexibility index (Phi) is 4.84. The Morgan fingerprint density at radius 3 is 2.48 bits per heavy atom. The molecule has 0 aliphatic carbocycles. The molecule has 4 unspecified atom stereocenters. The highest BCUT2D eigenvalue weighted by molar-refractivity contribution is 5.94. The number of esters is 2. The first-order valence-electron chi connectivity index (χ1n) is 9.98. The van der Waals surface area contributed by atoms with Gasteiger partial charge in [0.2, 0.25) is 5.91 Å². The third-order valence-corrected chi connectivity index (χ3v) is 6.60. The molecule has 1 fully saturated rings. The topological polar surface area (TPSA) is 77.8 Å². The normalized spacial score (nSPS) is 26.1. The molecule has 3 heterocycles. The summed E-state index contributed by atoms with van der Waals surface area (Å²) in [6, 6.07) is 6.94. The molecule has 4 atom stereocenters.